The van der Waals surface area contributed by atoms with Gasteiger partial charge in [0.2, 0.25) is 0 Å². The largest absolute Gasteiger partial charge is 0.369 e. The Kier molecular flexibility index (Phi) is 3.96. The molecule has 0 spiro atoms. The van der Waals surface area contributed by atoms with Gasteiger partial charge in [0.05, 0.1) is 11.2 Å². The van der Waals surface area contributed by atoms with Crippen LogP contribution in [0.1, 0.15) is 51.3 Å². The highest BCUT2D eigenvalue weighted by Crippen LogP contribution is 2.47. The molecule has 1 aromatic carbocycles. The monoisotopic (exact) mass is 279 g/mol. The lowest BCUT2D eigenvalue weighted by molar-refractivity contribution is -0.0777. The Balaban J connectivity index is 2.40. The van der Waals surface area contributed by atoms with E-state index in [2.05, 4.69) is 33.0 Å². The van der Waals surface area contributed by atoms with Crippen LogP contribution in [0.15, 0.2) is 18.2 Å². The first-order valence-corrected chi connectivity index (χ1v) is 7.30. The quantitative estimate of drug-likeness (QED) is 0.903. The number of hydrogen-bond donors (Lipinski definition) is 1. The van der Waals surface area contributed by atoms with Gasteiger partial charge in [0.25, 0.3) is 0 Å². The normalized spacial score (nSPS) is 25.6. The maximum absolute atomic E-state index is 14.2. The van der Waals surface area contributed by atoms with Crippen molar-refractivity contribution in [3.8, 4) is 0 Å². The third kappa shape index (κ3) is 2.89. The van der Waals surface area contributed by atoms with Gasteiger partial charge >= 0.3 is 0 Å². The third-order valence-corrected chi connectivity index (χ3v) is 4.34. The highest BCUT2D eigenvalue weighted by atomic mass is 19.1. The molecular formula is C17H26FNO. The second kappa shape index (κ2) is 5.12. The number of hydrogen-bond acceptors (Lipinski definition) is 2. The fraction of sp³-hybridized carbons (Fsp3) is 0.647. The molecule has 0 radical (unpaired) electrons. The molecular weight excluding hydrogens is 253 g/mol. The van der Waals surface area contributed by atoms with Gasteiger partial charge in [-0.05, 0) is 54.2 Å². The van der Waals surface area contributed by atoms with E-state index < -0.39 is 0 Å². The number of aryl methyl sites for hydroxylation is 1. The van der Waals surface area contributed by atoms with Gasteiger partial charge in [0, 0.05) is 17.5 Å². The Morgan fingerprint density at radius 1 is 1.30 bits per heavy atom. The molecule has 1 aliphatic heterocycles. The fourth-order valence-corrected chi connectivity index (χ4v) is 3.60. The average molecular weight is 279 g/mol. The van der Waals surface area contributed by atoms with Crippen LogP contribution in [0.2, 0.25) is 0 Å². The van der Waals surface area contributed by atoms with Gasteiger partial charge in [-0.15, -0.1) is 0 Å². The Morgan fingerprint density at radius 3 is 2.45 bits per heavy atom. The van der Waals surface area contributed by atoms with Crippen LogP contribution in [0.4, 0.5) is 4.39 Å². The summed E-state index contributed by atoms with van der Waals surface area (Å²) < 4.78 is 20.4. The van der Waals surface area contributed by atoms with Crippen molar-refractivity contribution >= 4 is 0 Å². The van der Waals surface area contributed by atoms with Crippen LogP contribution in [0.5, 0.6) is 0 Å². The number of benzene rings is 1. The van der Waals surface area contributed by atoms with Gasteiger partial charge in [0.15, 0.2) is 0 Å². The molecule has 1 heterocycles. The molecule has 0 bridgehead atoms. The summed E-state index contributed by atoms with van der Waals surface area (Å²) in [5.41, 5.74) is 1.39. The second-order valence-corrected chi connectivity index (χ2v) is 7.07. The minimum absolute atomic E-state index is 0.0355. The molecule has 3 heteroatoms. The lowest BCUT2D eigenvalue weighted by atomic mass is 9.78. The van der Waals surface area contributed by atoms with Gasteiger partial charge in [-0.25, -0.2) is 4.39 Å². The molecule has 2 atom stereocenters. The molecule has 1 fully saturated rings. The van der Waals surface area contributed by atoms with Crippen molar-refractivity contribution in [3.63, 3.8) is 0 Å². The molecule has 1 aromatic rings. The minimum Gasteiger partial charge on any atom is -0.369 e. The number of nitrogens with one attached hydrogen (secondary N) is 1. The summed E-state index contributed by atoms with van der Waals surface area (Å²) in [6.07, 6.45) is 0.916. The maximum atomic E-state index is 14.2. The molecule has 2 rings (SSSR count). The van der Waals surface area contributed by atoms with Crippen LogP contribution >= 0.6 is 0 Å². The van der Waals surface area contributed by atoms with Gasteiger partial charge in [-0.1, -0.05) is 17.7 Å². The highest BCUT2D eigenvalue weighted by Gasteiger charge is 2.49. The highest BCUT2D eigenvalue weighted by molar-refractivity contribution is 5.28. The van der Waals surface area contributed by atoms with Crippen LogP contribution in [-0.2, 0) is 4.74 Å². The zero-order valence-electron chi connectivity index (χ0n) is 13.4. The molecule has 0 amide bonds. The van der Waals surface area contributed by atoms with Gasteiger partial charge in [0.1, 0.15) is 5.82 Å². The summed E-state index contributed by atoms with van der Waals surface area (Å²) in [6.45, 7) is 10.4. The minimum atomic E-state index is -0.270. The molecule has 1 N–H and O–H groups in total. The van der Waals surface area contributed by atoms with Crippen LogP contribution < -0.4 is 5.32 Å². The van der Waals surface area contributed by atoms with Crippen molar-refractivity contribution in [3.05, 3.63) is 35.1 Å². The Morgan fingerprint density at radius 2 is 1.95 bits per heavy atom. The number of rotatable bonds is 3. The van der Waals surface area contributed by atoms with Crippen LogP contribution in [0.25, 0.3) is 0 Å². The second-order valence-electron chi connectivity index (χ2n) is 7.07. The summed E-state index contributed by atoms with van der Waals surface area (Å²) in [5.74, 6) is 0.0919. The lowest BCUT2D eigenvalue weighted by Gasteiger charge is -2.33. The van der Waals surface area contributed by atoms with E-state index in [-0.39, 0.29) is 29.0 Å². The average Bonchev–Trinajstić information content (AvgIpc) is 2.53. The van der Waals surface area contributed by atoms with Crippen molar-refractivity contribution < 1.29 is 9.13 Å². The van der Waals surface area contributed by atoms with E-state index in [0.717, 1.165) is 17.5 Å². The van der Waals surface area contributed by atoms with Gasteiger partial charge in [-0.2, -0.15) is 0 Å². The van der Waals surface area contributed by atoms with E-state index >= 15 is 0 Å². The van der Waals surface area contributed by atoms with E-state index in [1.165, 1.54) is 0 Å². The Hall–Kier alpha value is -0.930. The van der Waals surface area contributed by atoms with Crippen molar-refractivity contribution in [2.45, 2.75) is 58.3 Å². The molecule has 0 saturated carbocycles. The summed E-state index contributed by atoms with van der Waals surface area (Å²) in [4.78, 5) is 0. The molecule has 1 saturated heterocycles. The van der Waals surface area contributed by atoms with Gasteiger partial charge in [-0.3, -0.25) is 0 Å². The van der Waals surface area contributed by atoms with Gasteiger partial charge < -0.3 is 10.1 Å². The molecule has 2 nitrogen and oxygen atoms in total. The SMILES string of the molecule is CNC(c1cc(C)ccc1F)C1CC(C)(C)OC1(C)C. The topological polar surface area (TPSA) is 21.3 Å². The first kappa shape index (κ1) is 15.5. The standard InChI is InChI=1S/C17H26FNO/c1-11-7-8-14(18)12(9-11)15(19-6)13-10-16(2,3)20-17(13,4)5/h7-9,13,15,19H,10H2,1-6H3. The maximum Gasteiger partial charge on any atom is 0.128 e. The van der Waals surface area contributed by atoms with E-state index in [4.69, 9.17) is 4.74 Å². The van der Waals surface area contributed by atoms with Crippen LogP contribution in [-0.4, -0.2) is 18.2 Å². The lowest BCUT2D eigenvalue weighted by Crippen LogP contribution is -2.37. The molecule has 1 aliphatic rings. The molecule has 0 aliphatic carbocycles. The summed E-state index contributed by atoms with van der Waals surface area (Å²) >= 11 is 0. The fourth-order valence-electron chi connectivity index (χ4n) is 3.60. The molecule has 112 valence electrons. The van der Waals surface area contributed by atoms with E-state index in [0.29, 0.717) is 0 Å². The van der Waals surface area contributed by atoms with Crippen LogP contribution in [0, 0.1) is 18.7 Å². The smallest absolute Gasteiger partial charge is 0.128 e. The predicted octanol–water partition coefficient (Wildman–Crippen LogP) is 3.99. The molecule has 0 aromatic heterocycles. The molecule has 2 unspecified atom stereocenters. The van der Waals surface area contributed by atoms with E-state index in [9.17, 15) is 4.39 Å². The Bertz CT molecular complexity index is 496. The summed E-state index contributed by atoms with van der Waals surface area (Å²) in [7, 11) is 1.90. The van der Waals surface area contributed by atoms with E-state index in [1.54, 1.807) is 6.07 Å². The van der Waals surface area contributed by atoms with Crippen molar-refractivity contribution in [1.29, 1.82) is 0 Å². The zero-order chi connectivity index (χ0) is 15.1. The van der Waals surface area contributed by atoms with Crippen molar-refractivity contribution in [2.75, 3.05) is 7.05 Å². The molecule has 20 heavy (non-hydrogen) atoms. The first-order chi connectivity index (χ1) is 9.16. The van der Waals surface area contributed by atoms with Crippen molar-refractivity contribution in [1.82, 2.24) is 5.32 Å². The predicted molar refractivity (Wildman–Crippen MR) is 80.3 cm³/mol. The summed E-state index contributed by atoms with van der Waals surface area (Å²) in [5, 5.41) is 3.30. The number of halogens is 1. The third-order valence-electron chi connectivity index (χ3n) is 4.34. The zero-order valence-corrected chi connectivity index (χ0v) is 13.4. The summed E-state index contributed by atoms with van der Waals surface area (Å²) in [6, 6.07) is 5.28. The Labute approximate surface area is 121 Å². The van der Waals surface area contributed by atoms with E-state index in [1.807, 2.05) is 26.1 Å². The van der Waals surface area contributed by atoms with Crippen LogP contribution in [0.3, 0.4) is 0 Å². The van der Waals surface area contributed by atoms with Crippen molar-refractivity contribution in [2.24, 2.45) is 5.92 Å². The first-order valence-electron chi connectivity index (χ1n) is 7.30. The number of ether oxygens (including phenoxy) is 1.